The van der Waals surface area contributed by atoms with Crippen LogP contribution in [-0.4, -0.2) is 40.4 Å². The summed E-state index contributed by atoms with van der Waals surface area (Å²) in [4.78, 5) is 14.2. The highest BCUT2D eigenvalue weighted by Crippen LogP contribution is 2.27. The monoisotopic (exact) mass is 320 g/mol. The lowest BCUT2D eigenvalue weighted by Gasteiger charge is -2.33. The third-order valence-electron chi connectivity index (χ3n) is 3.59. The second-order valence-corrected chi connectivity index (χ2v) is 7.84. The maximum Gasteiger partial charge on any atom is 0.412 e. The normalized spacial score (nSPS) is 15.9. The highest BCUT2D eigenvalue weighted by Gasteiger charge is 2.24. The predicted molar refractivity (Wildman–Crippen MR) is 91.6 cm³/mol. The fourth-order valence-electron chi connectivity index (χ4n) is 2.88. The van der Waals surface area contributed by atoms with Gasteiger partial charge in [0.2, 0.25) is 0 Å². The largest absolute Gasteiger partial charge is 0.444 e. The van der Waals surface area contributed by atoms with Gasteiger partial charge in [-0.25, -0.2) is 4.79 Å². The molecule has 0 bridgehead atoms. The van der Waals surface area contributed by atoms with Crippen molar-refractivity contribution in [3.05, 3.63) is 29.3 Å². The van der Waals surface area contributed by atoms with Crippen molar-refractivity contribution in [1.29, 1.82) is 0 Å². The lowest BCUT2D eigenvalue weighted by Crippen LogP contribution is -2.41. The molecule has 0 spiro atoms. The molecule has 5 heteroatoms. The zero-order chi connectivity index (χ0) is 17.3. The first-order chi connectivity index (χ1) is 10.5. The number of β-amino-alcohol motifs (C(OH)–C–C–N with tert-alkyl or cyclic N) is 1. The highest BCUT2D eigenvalue weighted by molar-refractivity contribution is 5.86. The molecule has 1 aliphatic rings. The van der Waals surface area contributed by atoms with Gasteiger partial charge in [-0.05, 0) is 58.2 Å². The number of aliphatic hydroxyl groups is 1. The molecule has 128 valence electrons. The van der Waals surface area contributed by atoms with Crippen molar-refractivity contribution in [2.45, 2.75) is 58.8 Å². The van der Waals surface area contributed by atoms with Crippen LogP contribution in [0, 0.1) is 0 Å². The lowest BCUT2D eigenvalue weighted by molar-refractivity contribution is 0.0318. The summed E-state index contributed by atoms with van der Waals surface area (Å²) in [6.07, 6.45) is 0.419. The fraction of sp³-hybridized carbons (Fsp3) is 0.611. The van der Waals surface area contributed by atoms with E-state index in [4.69, 9.17) is 4.74 Å². The number of amides is 1. The number of hydrogen-bond acceptors (Lipinski definition) is 4. The first-order valence-electron chi connectivity index (χ1n) is 8.09. The van der Waals surface area contributed by atoms with Crippen molar-refractivity contribution >= 4 is 11.8 Å². The third kappa shape index (κ3) is 5.52. The zero-order valence-corrected chi connectivity index (χ0v) is 14.8. The molecule has 1 amide bonds. The van der Waals surface area contributed by atoms with Crippen molar-refractivity contribution < 1.29 is 14.6 Å². The number of ether oxygens (including phenoxy) is 1. The van der Waals surface area contributed by atoms with Crippen molar-refractivity contribution in [2.75, 3.05) is 18.4 Å². The van der Waals surface area contributed by atoms with Crippen LogP contribution in [0.15, 0.2) is 18.2 Å². The van der Waals surface area contributed by atoms with Gasteiger partial charge in [-0.3, -0.25) is 10.2 Å². The number of benzene rings is 1. The zero-order valence-electron chi connectivity index (χ0n) is 14.8. The Morgan fingerprint density at radius 1 is 1.30 bits per heavy atom. The SMILES string of the molecule is CC(C)(O)CN1CCc2c(cccc2NC(=O)OC(C)(C)C)C1. The smallest absolute Gasteiger partial charge is 0.412 e. The van der Waals surface area contributed by atoms with Gasteiger partial charge in [0.05, 0.1) is 5.60 Å². The maximum absolute atomic E-state index is 12.0. The summed E-state index contributed by atoms with van der Waals surface area (Å²) in [5.74, 6) is 0. The van der Waals surface area contributed by atoms with Crippen molar-refractivity contribution in [3.63, 3.8) is 0 Å². The quantitative estimate of drug-likeness (QED) is 0.898. The minimum absolute atomic E-state index is 0.426. The Balaban J connectivity index is 2.09. The first kappa shape index (κ1) is 17.8. The first-order valence-corrected chi connectivity index (χ1v) is 8.09. The Labute approximate surface area is 138 Å². The molecule has 0 saturated carbocycles. The second-order valence-electron chi connectivity index (χ2n) is 7.84. The van der Waals surface area contributed by atoms with E-state index < -0.39 is 17.3 Å². The van der Waals surface area contributed by atoms with Gasteiger partial charge in [-0.15, -0.1) is 0 Å². The number of nitrogens with zero attached hydrogens (tertiary/aromatic N) is 1. The van der Waals surface area contributed by atoms with Gasteiger partial charge >= 0.3 is 6.09 Å². The minimum atomic E-state index is -0.704. The third-order valence-corrected chi connectivity index (χ3v) is 3.59. The van der Waals surface area contributed by atoms with E-state index in [9.17, 15) is 9.90 Å². The summed E-state index contributed by atoms with van der Waals surface area (Å²) in [7, 11) is 0. The molecule has 1 aromatic rings. The number of rotatable bonds is 3. The molecule has 0 aliphatic carbocycles. The molecule has 5 nitrogen and oxygen atoms in total. The molecule has 0 fully saturated rings. The topological polar surface area (TPSA) is 61.8 Å². The van der Waals surface area contributed by atoms with Crippen LogP contribution in [0.3, 0.4) is 0 Å². The number of fused-ring (bicyclic) bond motifs is 1. The summed E-state index contributed by atoms with van der Waals surface area (Å²) < 4.78 is 5.33. The number of carbonyl (C=O) groups is 1. The number of anilines is 1. The van der Waals surface area contributed by atoms with Gasteiger partial charge in [-0.1, -0.05) is 12.1 Å². The van der Waals surface area contributed by atoms with E-state index in [1.165, 1.54) is 5.56 Å². The van der Waals surface area contributed by atoms with Gasteiger partial charge < -0.3 is 9.84 Å². The molecule has 0 aromatic heterocycles. The predicted octanol–water partition coefficient (Wildman–Crippen LogP) is 3.16. The van der Waals surface area contributed by atoms with E-state index in [0.29, 0.717) is 6.54 Å². The van der Waals surface area contributed by atoms with Gasteiger partial charge in [-0.2, -0.15) is 0 Å². The van der Waals surface area contributed by atoms with Crippen molar-refractivity contribution in [3.8, 4) is 0 Å². The van der Waals surface area contributed by atoms with Gasteiger partial charge in [0.1, 0.15) is 5.60 Å². The average Bonchev–Trinajstić information content (AvgIpc) is 2.34. The molecular formula is C18H28N2O3. The molecule has 0 radical (unpaired) electrons. The molecule has 1 aromatic carbocycles. The van der Waals surface area contributed by atoms with E-state index in [1.54, 1.807) is 0 Å². The summed E-state index contributed by atoms with van der Waals surface area (Å²) in [5, 5.41) is 12.8. The molecular weight excluding hydrogens is 292 g/mol. The minimum Gasteiger partial charge on any atom is -0.444 e. The fourth-order valence-corrected chi connectivity index (χ4v) is 2.88. The van der Waals surface area contributed by atoms with Crippen molar-refractivity contribution in [1.82, 2.24) is 4.90 Å². The Morgan fingerprint density at radius 2 is 2.00 bits per heavy atom. The molecule has 2 rings (SSSR count). The van der Waals surface area contributed by atoms with Crippen LogP contribution >= 0.6 is 0 Å². The van der Waals surface area contributed by atoms with Crippen LogP contribution in [0.4, 0.5) is 10.5 Å². The van der Waals surface area contributed by atoms with Crippen LogP contribution in [0.1, 0.15) is 45.7 Å². The van der Waals surface area contributed by atoms with Gasteiger partial charge in [0.25, 0.3) is 0 Å². The molecule has 2 N–H and O–H groups in total. The highest BCUT2D eigenvalue weighted by atomic mass is 16.6. The van der Waals surface area contributed by atoms with Crippen LogP contribution in [0.5, 0.6) is 0 Å². The van der Waals surface area contributed by atoms with E-state index in [0.717, 1.165) is 30.8 Å². The molecule has 0 unspecified atom stereocenters. The molecule has 23 heavy (non-hydrogen) atoms. The lowest BCUT2D eigenvalue weighted by atomic mass is 9.96. The Morgan fingerprint density at radius 3 is 2.61 bits per heavy atom. The summed E-state index contributed by atoms with van der Waals surface area (Å²) in [6, 6.07) is 5.93. The number of carbonyl (C=O) groups excluding carboxylic acids is 1. The van der Waals surface area contributed by atoms with E-state index in [-0.39, 0.29) is 0 Å². The van der Waals surface area contributed by atoms with Gasteiger partial charge in [0, 0.05) is 25.3 Å². The second kappa shape index (κ2) is 6.49. The molecule has 1 heterocycles. The number of nitrogens with one attached hydrogen (secondary N) is 1. The van der Waals surface area contributed by atoms with E-state index in [1.807, 2.05) is 46.8 Å². The van der Waals surface area contributed by atoms with Crippen LogP contribution in [-0.2, 0) is 17.7 Å². The molecule has 0 saturated heterocycles. The summed E-state index contributed by atoms with van der Waals surface area (Å²) in [6.45, 7) is 11.5. The summed E-state index contributed by atoms with van der Waals surface area (Å²) in [5.41, 5.74) is 1.95. The Bertz CT molecular complexity index is 571. The number of hydrogen-bond donors (Lipinski definition) is 2. The average molecular weight is 320 g/mol. The van der Waals surface area contributed by atoms with Crippen LogP contribution in [0.25, 0.3) is 0 Å². The Hall–Kier alpha value is -1.59. The van der Waals surface area contributed by atoms with Crippen LogP contribution < -0.4 is 5.32 Å². The standard InChI is InChI=1S/C18H28N2O3/c1-17(2,3)23-16(21)19-15-8-6-7-13-11-20(10-9-14(13)15)12-18(4,5)22/h6-8,22H,9-12H2,1-5H3,(H,19,21). The molecule has 0 atom stereocenters. The van der Waals surface area contributed by atoms with Crippen molar-refractivity contribution in [2.24, 2.45) is 0 Å². The van der Waals surface area contributed by atoms with E-state index >= 15 is 0 Å². The summed E-state index contributed by atoms with van der Waals surface area (Å²) >= 11 is 0. The van der Waals surface area contributed by atoms with E-state index in [2.05, 4.69) is 16.3 Å². The Kier molecular flexibility index (Phi) is 5.01. The van der Waals surface area contributed by atoms with Gasteiger partial charge in [0.15, 0.2) is 0 Å². The molecule has 1 aliphatic heterocycles. The van der Waals surface area contributed by atoms with Crippen LogP contribution in [0.2, 0.25) is 0 Å². The maximum atomic E-state index is 12.0.